The van der Waals surface area contributed by atoms with E-state index >= 15 is 0 Å². The summed E-state index contributed by atoms with van der Waals surface area (Å²) in [5.41, 5.74) is 4.03. The standard InChI is InChI=1S/C18H30N2O/c1-13-9-14(2)11-16(10-13)17(19-4)6-8-20-7-5-15(3)18(21)12-20/h9-11,15,17-19,21H,5-8,12H2,1-4H3. The lowest BCUT2D eigenvalue weighted by molar-refractivity contribution is 0.0278. The zero-order valence-corrected chi connectivity index (χ0v) is 13.9. The van der Waals surface area contributed by atoms with E-state index < -0.39 is 0 Å². The molecule has 0 bridgehead atoms. The Bertz CT molecular complexity index is 440. The number of nitrogens with zero attached hydrogens (tertiary/aromatic N) is 1. The van der Waals surface area contributed by atoms with Crippen molar-refractivity contribution in [3.8, 4) is 0 Å². The minimum absolute atomic E-state index is 0.159. The Kier molecular flexibility index (Phi) is 5.80. The highest BCUT2D eigenvalue weighted by atomic mass is 16.3. The van der Waals surface area contributed by atoms with Gasteiger partial charge in [-0.05, 0) is 51.8 Å². The summed E-state index contributed by atoms with van der Waals surface area (Å²) >= 11 is 0. The molecule has 2 N–H and O–H groups in total. The van der Waals surface area contributed by atoms with Crippen LogP contribution in [0.4, 0.5) is 0 Å². The third-order valence-electron chi connectivity index (χ3n) is 4.73. The summed E-state index contributed by atoms with van der Waals surface area (Å²) in [5, 5.41) is 13.4. The second-order valence-electron chi connectivity index (χ2n) is 6.68. The Morgan fingerprint density at radius 2 is 1.95 bits per heavy atom. The van der Waals surface area contributed by atoms with Crippen LogP contribution in [0.1, 0.15) is 42.5 Å². The number of nitrogens with one attached hydrogen (secondary N) is 1. The maximum Gasteiger partial charge on any atom is 0.0693 e. The number of aliphatic hydroxyl groups is 1. The van der Waals surface area contributed by atoms with Crippen LogP contribution in [-0.2, 0) is 0 Å². The average Bonchev–Trinajstić information content (AvgIpc) is 2.42. The van der Waals surface area contributed by atoms with E-state index in [2.05, 4.69) is 49.2 Å². The Hall–Kier alpha value is -0.900. The van der Waals surface area contributed by atoms with Crippen LogP contribution in [0.2, 0.25) is 0 Å². The maximum atomic E-state index is 10.0. The Labute approximate surface area is 129 Å². The monoisotopic (exact) mass is 290 g/mol. The molecule has 21 heavy (non-hydrogen) atoms. The fourth-order valence-electron chi connectivity index (χ4n) is 3.32. The molecule has 1 fully saturated rings. The molecule has 118 valence electrons. The van der Waals surface area contributed by atoms with Crippen LogP contribution in [-0.4, -0.2) is 42.8 Å². The predicted octanol–water partition coefficient (Wildman–Crippen LogP) is 2.66. The number of aryl methyl sites for hydroxylation is 2. The minimum Gasteiger partial charge on any atom is -0.392 e. The number of aliphatic hydroxyl groups excluding tert-OH is 1. The molecule has 2 rings (SSSR count). The van der Waals surface area contributed by atoms with Gasteiger partial charge in [0.25, 0.3) is 0 Å². The van der Waals surface area contributed by atoms with Crippen LogP contribution in [0.15, 0.2) is 18.2 Å². The first-order chi connectivity index (χ1) is 9.99. The third kappa shape index (κ3) is 4.53. The van der Waals surface area contributed by atoms with Crippen molar-refractivity contribution >= 4 is 0 Å². The lowest BCUT2D eigenvalue weighted by Crippen LogP contribution is -2.43. The number of hydrogen-bond donors (Lipinski definition) is 2. The summed E-state index contributed by atoms with van der Waals surface area (Å²) in [7, 11) is 2.04. The van der Waals surface area contributed by atoms with Crippen LogP contribution < -0.4 is 5.32 Å². The van der Waals surface area contributed by atoms with Crippen molar-refractivity contribution in [3.63, 3.8) is 0 Å². The van der Waals surface area contributed by atoms with Crippen molar-refractivity contribution in [1.82, 2.24) is 10.2 Å². The number of hydrogen-bond acceptors (Lipinski definition) is 3. The van der Waals surface area contributed by atoms with Crippen molar-refractivity contribution in [2.24, 2.45) is 5.92 Å². The topological polar surface area (TPSA) is 35.5 Å². The van der Waals surface area contributed by atoms with Gasteiger partial charge < -0.3 is 15.3 Å². The van der Waals surface area contributed by atoms with Gasteiger partial charge in [-0.3, -0.25) is 0 Å². The lowest BCUT2D eigenvalue weighted by atomic mass is 9.95. The highest BCUT2D eigenvalue weighted by Crippen LogP contribution is 2.22. The van der Waals surface area contributed by atoms with Gasteiger partial charge in [0.15, 0.2) is 0 Å². The molecule has 3 unspecified atom stereocenters. The fourth-order valence-corrected chi connectivity index (χ4v) is 3.32. The highest BCUT2D eigenvalue weighted by Gasteiger charge is 2.24. The first-order valence-electron chi connectivity index (χ1n) is 8.15. The van der Waals surface area contributed by atoms with Crippen LogP contribution in [0, 0.1) is 19.8 Å². The van der Waals surface area contributed by atoms with Crippen LogP contribution in [0.3, 0.4) is 0 Å². The van der Waals surface area contributed by atoms with Crippen molar-refractivity contribution < 1.29 is 5.11 Å². The Morgan fingerprint density at radius 3 is 2.52 bits per heavy atom. The molecule has 0 spiro atoms. The van der Waals surface area contributed by atoms with Gasteiger partial charge in [-0.2, -0.15) is 0 Å². The molecule has 1 heterocycles. The molecule has 1 aliphatic rings. The first kappa shape index (κ1) is 16.5. The lowest BCUT2D eigenvalue weighted by Gasteiger charge is -2.35. The van der Waals surface area contributed by atoms with Gasteiger partial charge in [0.05, 0.1) is 6.10 Å². The molecule has 1 aromatic rings. The van der Waals surface area contributed by atoms with Gasteiger partial charge >= 0.3 is 0 Å². The second-order valence-corrected chi connectivity index (χ2v) is 6.68. The zero-order chi connectivity index (χ0) is 15.4. The van der Waals surface area contributed by atoms with Crippen molar-refractivity contribution in [2.75, 3.05) is 26.7 Å². The van der Waals surface area contributed by atoms with E-state index in [1.807, 2.05) is 7.05 Å². The van der Waals surface area contributed by atoms with E-state index in [1.54, 1.807) is 0 Å². The molecule has 3 atom stereocenters. The largest absolute Gasteiger partial charge is 0.392 e. The number of benzene rings is 1. The van der Waals surface area contributed by atoms with Gasteiger partial charge in [0.2, 0.25) is 0 Å². The van der Waals surface area contributed by atoms with Gasteiger partial charge in [0, 0.05) is 19.1 Å². The van der Waals surface area contributed by atoms with E-state index in [1.165, 1.54) is 16.7 Å². The summed E-state index contributed by atoms with van der Waals surface area (Å²) in [6.07, 6.45) is 2.03. The van der Waals surface area contributed by atoms with Crippen molar-refractivity contribution in [1.29, 1.82) is 0 Å². The Morgan fingerprint density at radius 1 is 1.29 bits per heavy atom. The van der Waals surface area contributed by atoms with E-state index in [4.69, 9.17) is 0 Å². The van der Waals surface area contributed by atoms with Gasteiger partial charge in [-0.1, -0.05) is 36.2 Å². The summed E-state index contributed by atoms with van der Waals surface area (Å²) in [6.45, 7) is 9.44. The molecule has 0 aliphatic carbocycles. The van der Waals surface area contributed by atoms with Crippen molar-refractivity contribution in [3.05, 3.63) is 34.9 Å². The second kappa shape index (κ2) is 7.39. The molecule has 3 heteroatoms. The molecule has 1 aromatic carbocycles. The average molecular weight is 290 g/mol. The summed E-state index contributed by atoms with van der Waals surface area (Å²) in [6, 6.07) is 7.17. The van der Waals surface area contributed by atoms with E-state index in [0.29, 0.717) is 12.0 Å². The molecule has 0 aromatic heterocycles. The quantitative estimate of drug-likeness (QED) is 0.875. The molecular weight excluding hydrogens is 260 g/mol. The maximum absolute atomic E-state index is 10.0. The van der Waals surface area contributed by atoms with Gasteiger partial charge in [0.1, 0.15) is 0 Å². The number of rotatable bonds is 5. The molecule has 3 nitrogen and oxygen atoms in total. The molecule has 0 amide bonds. The van der Waals surface area contributed by atoms with Crippen LogP contribution >= 0.6 is 0 Å². The van der Waals surface area contributed by atoms with E-state index in [9.17, 15) is 5.11 Å². The number of likely N-dealkylation sites (tertiary alicyclic amines) is 1. The SMILES string of the molecule is CNC(CCN1CCC(C)C(O)C1)c1cc(C)cc(C)c1. The van der Waals surface area contributed by atoms with E-state index in [-0.39, 0.29) is 6.10 Å². The summed E-state index contributed by atoms with van der Waals surface area (Å²) < 4.78 is 0. The Balaban J connectivity index is 1.93. The number of β-amino-alcohol motifs (C(OH)–C–C–N with tert-alkyl or cyclic N) is 1. The molecule has 1 aliphatic heterocycles. The normalized spacial score (nSPS) is 25.0. The zero-order valence-electron chi connectivity index (χ0n) is 13.9. The van der Waals surface area contributed by atoms with Crippen molar-refractivity contribution in [2.45, 2.75) is 45.8 Å². The molecular formula is C18H30N2O. The van der Waals surface area contributed by atoms with E-state index in [0.717, 1.165) is 32.5 Å². The third-order valence-corrected chi connectivity index (χ3v) is 4.73. The van der Waals surface area contributed by atoms with Crippen LogP contribution in [0.5, 0.6) is 0 Å². The van der Waals surface area contributed by atoms with Gasteiger partial charge in [-0.25, -0.2) is 0 Å². The molecule has 1 saturated heterocycles. The highest BCUT2D eigenvalue weighted by molar-refractivity contribution is 5.30. The molecule has 0 radical (unpaired) electrons. The minimum atomic E-state index is -0.159. The summed E-state index contributed by atoms with van der Waals surface area (Å²) in [5.74, 6) is 0.445. The fraction of sp³-hybridized carbons (Fsp3) is 0.667. The number of piperidine rings is 1. The van der Waals surface area contributed by atoms with Gasteiger partial charge in [-0.15, -0.1) is 0 Å². The van der Waals surface area contributed by atoms with Crippen LogP contribution in [0.25, 0.3) is 0 Å². The molecule has 0 saturated carbocycles. The predicted molar refractivity (Wildman–Crippen MR) is 88.6 cm³/mol. The smallest absolute Gasteiger partial charge is 0.0693 e. The summed E-state index contributed by atoms with van der Waals surface area (Å²) in [4.78, 5) is 2.40. The first-order valence-corrected chi connectivity index (χ1v) is 8.15.